The first-order valence-corrected chi connectivity index (χ1v) is 8.07. The minimum absolute atomic E-state index is 0.0269. The van der Waals surface area contributed by atoms with Crippen LogP contribution in [0.3, 0.4) is 0 Å². The molecule has 0 unspecified atom stereocenters. The molecule has 1 saturated carbocycles. The second kappa shape index (κ2) is 6.67. The van der Waals surface area contributed by atoms with E-state index in [4.69, 9.17) is 10.00 Å². The minimum atomic E-state index is -2.59. The van der Waals surface area contributed by atoms with Gasteiger partial charge in [0.15, 0.2) is 0 Å². The Hall–Kier alpha value is -2.69. The molecule has 1 aliphatic carbocycles. The van der Waals surface area contributed by atoms with Gasteiger partial charge < -0.3 is 10.1 Å². The van der Waals surface area contributed by atoms with Crippen LogP contribution in [0.2, 0.25) is 0 Å². The molecule has 1 aliphatic rings. The van der Waals surface area contributed by atoms with Crippen LogP contribution in [0.1, 0.15) is 31.2 Å². The van der Waals surface area contributed by atoms with E-state index in [-0.39, 0.29) is 24.8 Å². The summed E-state index contributed by atoms with van der Waals surface area (Å²) in [4.78, 5) is 16.8. The monoisotopic (exact) mass is 348 g/mol. The predicted octanol–water partition coefficient (Wildman–Crippen LogP) is 3.30. The van der Waals surface area contributed by atoms with Crippen LogP contribution in [0, 0.1) is 17.2 Å². The Balaban J connectivity index is 1.77. The lowest BCUT2D eigenvalue weighted by Gasteiger charge is -2.28. The number of nitriles is 1. The van der Waals surface area contributed by atoms with Gasteiger partial charge in [0.2, 0.25) is 5.92 Å². The molecule has 0 atom stereocenters. The first-order valence-electron chi connectivity index (χ1n) is 8.07. The number of nitrogens with zero attached hydrogens (tertiary/aromatic N) is 3. The number of fused-ring (bicyclic) bond motifs is 1. The van der Waals surface area contributed by atoms with Gasteiger partial charge in [-0.15, -0.1) is 0 Å². The zero-order chi connectivity index (χ0) is 18.0. The molecule has 25 heavy (non-hydrogen) atoms. The third-order valence-electron chi connectivity index (χ3n) is 4.54. The van der Waals surface area contributed by atoms with Gasteiger partial charge in [-0.3, -0.25) is 0 Å². The van der Waals surface area contributed by atoms with Crippen LogP contribution in [-0.4, -0.2) is 35.2 Å². The SMILES string of the molecule is COc1nc2c(C#N)cccc2n1C(=O)NCC1CCC(F)(F)CC1. The fourth-order valence-electron chi connectivity index (χ4n) is 3.12. The molecule has 0 bridgehead atoms. The number of carbonyl (C=O) groups excluding carboxylic acids is 1. The molecular formula is C17H18F2N4O2. The number of hydrogen-bond donors (Lipinski definition) is 1. The molecule has 1 heterocycles. The van der Waals surface area contributed by atoms with Crippen molar-refractivity contribution in [2.45, 2.75) is 31.6 Å². The first kappa shape index (κ1) is 17.1. The standard InChI is InChI=1S/C17H18F2N4O2/c1-25-16-22-14-12(9-20)3-2-4-13(14)23(16)15(24)21-10-11-5-7-17(18,19)8-6-11/h2-4,11H,5-8,10H2,1H3,(H,21,24). The third-order valence-corrected chi connectivity index (χ3v) is 4.54. The summed E-state index contributed by atoms with van der Waals surface area (Å²) in [6, 6.07) is 6.60. The van der Waals surface area contributed by atoms with Crippen LogP contribution in [0.5, 0.6) is 6.01 Å². The van der Waals surface area contributed by atoms with E-state index >= 15 is 0 Å². The molecule has 1 fully saturated rings. The number of aromatic nitrogens is 2. The maximum absolute atomic E-state index is 13.2. The number of hydrogen-bond acceptors (Lipinski definition) is 4. The number of halogens is 2. The highest BCUT2D eigenvalue weighted by molar-refractivity contribution is 5.93. The predicted molar refractivity (Wildman–Crippen MR) is 86.7 cm³/mol. The number of carbonyl (C=O) groups is 1. The van der Waals surface area contributed by atoms with Gasteiger partial charge in [-0.2, -0.15) is 10.2 Å². The lowest BCUT2D eigenvalue weighted by atomic mass is 9.87. The number of benzene rings is 1. The Kier molecular flexibility index (Phi) is 4.57. The van der Waals surface area contributed by atoms with E-state index in [0.717, 1.165) is 0 Å². The maximum atomic E-state index is 13.2. The van der Waals surface area contributed by atoms with Crippen molar-refractivity contribution >= 4 is 17.1 Å². The van der Waals surface area contributed by atoms with E-state index in [0.29, 0.717) is 36.0 Å². The van der Waals surface area contributed by atoms with Gasteiger partial charge in [0.25, 0.3) is 0 Å². The van der Waals surface area contributed by atoms with Gasteiger partial charge >= 0.3 is 12.0 Å². The molecule has 3 rings (SSSR count). The van der Waals surface area contributed by atoms with Crippen molar-refractivity contribution < 1.29 is 18.3 Å². The molecule has 1 N–H and O–H groups in total. The maximum Gasteiger partial charge on any atom is 0.330 e. The van der Waals surface area contributed by atoms with E-state index in [1.165, 1.54) is 11.7 Å². The summed E-state index contributed by atoms with van der Waals surface area (Å²) in [6.07, 6.45) is 0.480. The van der Waals surface area contributed by atoms with Crippen molar-refractivity contribution in [3.63, 3.8) is 0 Å². The van der Waals surface area contributed by atoms with Gasteiger partial charge in [0.05, 0.1) is 18.2 Å². The van der Waals surface area contributed by atoms with Gasteiger partial charge in [0, 0.05) is 19.4 Å². The number of methoxy groups -OCH3 is 1. The lowest BCUT2D eigenvalue weighted by Crippen LogP contribution is -2.36. The van der Waals surface area contributed by atoms with Crippen molar-refractivity contribution in [2.24, 2.45) is 5.92 Å². The number of amides is 1. The van der Waals surface area contributed by atoms with Crippen molar-refractivity contribution in [1.29, 1.82) is 5.26 Å². The average Bonchev–Trinajstić information content (AvgIpc) is 2.99. The topological polar surface area (TPSA) is 79.9 Å². The summed E-state index contributed by atoms with van der Waals surface area (Å²) in [7, 11) is 1.39. The van der Waals surface area contributed by atoms with Crippen molar-refractivity contribution in [3.8, 4) is 12.1 Å². The number of para-hydroxylation sites is 1. The van der Waals surface area contributed by atoms with Crippen LogP contribution in [0.25, 0.3) is 11.0 Å². The summed E-state index contributed by atoms with van der Waals surface area (Å²) in [6.45, 7) is 0.315. The third kappa shape index (κ3) is 3.40. The minimum Gasteiger partial charge on any atom is -0.468 e. The smallest absolute Gasteiger partial charge is 0.330 e. The molecule has 1 amide bonds. The Bertz CT molecular complexity index is 831. The Morgan fingerprint density at radius 3 is 2.84 bits per heavy atom. The summed E-state index contributed by atoms with van der Waals surface area (Å²) < 4.78 is 32.8. The van der Waals surface area contributed by atoms with Gasteiger partial charge in [-0.05, 0) is 30.9 Å². The molecule has 0 saturated heterocycles. The summed E-state index contributed by atoms with van der Waals surface area (Å²) in [5.41, 5.74) is 1.19. The van der Waals surface area contributed by atoms with Crippen LogP contribution in [-0.2, 0) is 0 Å². The number of alkyl halides is 2. The van der Waals surface area contributed by atoms with Gasteiger partial charge in [-0.1, -0.05) is 6.07 Å². The Labute approximate surface area is 143 Å². The van der Waals surface area contributed by atoms with Crippen molar-refractivity contribution in [3.05, 3.63) is 23.8 Å². The fourth-order valence-corrected chi connectivity index (χ4v) is 3.12. The Morgan fingerprint density at radius 2 is 2.20 bits per heavy atom. The van der Waals surface area contributed by atoms with E-state index < -0.39 is 12.0 Å². The largest absolute Gasteiger partial charge is 0.468 e. The molecule has 132 valence electrons. The zero-order valence-electron chi connectivity index (χ0n) is 13.8. The highest BCUT2D eigenvalue weighted by Crippen LogP contribution is 2.35. The molecule has 0 aliphatic heterocycles. The highest BCUT2D eigenvalue weighted by Gasteiger charge is 2.35. The average molecular weight is 348 g/mol. The van der Waals surface area contributed by atoms with Gasteiger partial charge in [-0.25, -0.2) is 18.1 Å². The molecule has 1 aromatic heterocycles. The van der Waals surface area contributed by atoms with Crippen LogP contribution in [0.15, 0.2) is 18.2 Å². The lowest BCUT2D eigenvalue weighted by molar-refractivity contribution is -0.0451. The van der Waals surface area contributed by atoms with E-state index in [2.05, 4.69) is 10.3 Å². The van der Waals surface area contributed by atoms with Crippen LogP contribution in [0.4, 0.5) is 13.6 Å². The van der Waals surface area contributed by atoms with Gasteiger partial charge in [0.1, 0.15) is 11.6 Å². The number of ether oxygens (including phenoxy) is 1. The molecular weight excluding hydrogens is 330 g/mol. The fraction of sp³-hybridized carbons (Fsp3) is 0.471. The first-order chi connectivity index (χ1) is 11.9. The second-order valence-corrected chi connectivity index (χ2v) is 6.20. The highest BCUT2D eigenvalue weighted by atomic mass is 19.3. The molecule has 1 aromatic carbocycles. The van der Waals surface area contributed by atoms with Crippen molar-refractivity contribution in [1.82, 2.24) is 14.9 Å². The number of imidazole rings is 1. The Morgan fingerprint density at radius 1 is 1.48 bits per heavy atom. The number of nitrogens with one attached hydrogen (secondary N) is 1. The summed E-state index contributed by atoms with van der Waals surface area (Å²) in [5.74, 6) is -2.56. The summed E-state index contributed by atoms with van der Waals surface area (Å²) >= 11 is 0. The molecule has 2 aromatic rings. The van der Waals surface area contributed by atoms with Crippen molar-refractivity contribution in [2.75, 3.05) is 13.7 Å². The van der Waals surface area contributed by atoms with Crippen LogP contribution >= 0.6 is 0 Å². The van der Waals surface area contributed by atoms with Crippen LogP contribution < -0.4 is 10.1 Å². The quantitative estimate of drug-likeness (QED) is 0.923. The normalized spacial score (nSPS) is 17.2. The number of rotatable bonds is 3. The zero-order valence-corrected chi connectivity index (χ0v) is 13.8. The molecule has 0 spiro atoms. The second-order valence-electron chi connectivity index (χ2n) is 6.20. The molecule has 8 heteroatoms. The van der Waals surface area contributed by atoms with E-state index in [1.54, 1.807) is 18.2 Å². The van der Waals surface area contributed by atoms with E-state index in [9.17, 15) is 13.6 Å². The molecule has 6 nitrogen and oxygen atoms in total. The summed E-state index contributed by atoms with van der Waals surface area (Å²) in [5, 5.41) is 11.9. The van der Waals surface area contributed by atoms with E-state index in [1.807, 2.05) is 6.07 Å². The molecule has 0 radical (unpaired) electrons.